The lowest BCUT2D eigenvalue weighted by Crippen LogP contribution is -2.60. The normalized spacial score (nSPS) is 33.0. The molecule has 16 nitrogen and oxygen atoms in total. The van der Waals surface area contributed by atoms with E-state index in [1.807, 2.05) is 25.1 Å². The third kappa shape index (κ3) is 8.57. The van der Waals surface area contributed by atoms with Gasteiger partial charge in [-0.15, -0.1) is 0 Å². The number of aromatic hydroxyl groups is 2. The summed E-state index contributed by atoms with van der Waals surface area (Å²) in [6.45, 7) is 5.83. The molecule has 4 aromatic rings. The maximum absolute atomic E-state index is 16.0. The number of likely N-dealkylation sites (N-methyl/N-ethyl adjacent to an activating group) is 1. The number of phenolic OH excluding ortho intramolecular Hbond substituents is 2. The van der Waals surface area contributed by atoms with Gasteiger partial charge in [0.25, 0.3) is 0 Å². The van der Waals surface area contributed by atoms with Crippen LogP contribution in [0.4, 0.5) is 0 Å². The summed E-state index contributed by atoms with van der Waals surface area (Å²) in [5.74, 6) is -4.02. The number of carbonyl (C=O) groups excluding carboxylic acids is 1. The number of benzene rings is 3. The van der Waals surface area contributed by atoms with Crippen LogP contribution < -0.4 is 31.8 Å². The summed E-state index contributed by atoms with van der Waals surface area (Å²) in [6, 6.07) is 12.6. The molecule has 14 rings (SSSR count). The van der Waals surface area contributed by atoms with Crippen LogP contribution >= 0.6 is 0 Å². The zero-order valence-electron chi connectivity index (χ0n) is 48.8. The number of nitrogens with one attached hydrogen (secondary N) is 3. The van der Waals surface area contributed by atoms with Crippen molar-refractivity contribution in [3.05, 3.63) is 162 Å². The number of nitrogens with two attached hydrogens (primary N) is 1. The zero-order chi connectivity index (χ0) is 59.0. The second-order valence-corrected chi connectivity index (χ2v) is 26.5. The van der Waals surface area contributed by atoms with E-state index in [9.17, 15) is 40.5 Å². The van der Waals surface area contributed by atoms with Crippen LogP contribution in [0.15, 0.2) is 116 Å². The van der Waals surface area contributed by atoms with Crippen LogP contribution in [0.5, 0.6) is 17.2 Å². The highest BCUT2D eigenvalue weighted by molar-refractivity contribution is 5.93. The molecule has 85 heavy (non-hydrogen) atoms. The van der Waals surface area contributed by atoms with Gasteiger partial charge in [0.15, 0.2) is 5.43 Å². The lowest BCUT2D eigenvalue weighted by molar-refractivity contribution is -0.172. The summed E-state index contributed by atoms with van der Waals surface area (Å²) in [4.78, 5) is 30.8. The number of aliphatic hydroxyl groups excluding tert-OH is 4. The molecule has 0 radical (unpaired) electrons. The number of carbonyl (C=O) groups is 1. The minimum atomic E-state index is -1.68. The van der Waals surface area contributed by atoms with E-state index in [4.69, 9.17) is 19.6 Å². The Morgan fingerprint density at radius 1 is 1.00 bits per heavy atom. The van der Waals surface area contributed by atoms with Crippen molar-refractivity contribution in [1.29, 1.82) is 0 Å². The van der Waals surface area contributed by atoms with Crippen LogP contribution in [0.3, 0.4) is 0 Å². The van der Waals surface area contributed by atoms with Crippen LogP contribution in [0, 0.1) is 35.0 Å². The summed E-state index contributed by atoms with van der Waals surface area (Å²) in [7, 11) is 0. The van der Waals surface area contributed by atoms with Gasteiger partial charge >= 0.3 is 5.97 Å². The Kier molecular flexibility index (Phi) is 13.9. The summed E-state index contributed by atoms with van der Waals surface area (Å²) in [5.41, 5.74) is 13.6. The molecule has 0 amide bonds. The van der Waals surface area contributed by atoms with Gasteiger partial charge in [-0.25, -0.2) is 4.79 Å². The van der Waals surface area contributed by atoms with Gasteiger partial charge in [0.1, 0.15) is 63.7 Å². The lowest BCUT2D eigenvalue weighted by atomic mass is 9.54. The van der Waals surface area contributed by atoms with Gasteiger partial charge in [0.05, 0.1) is 24.4 Å². The van der Waals surface area contributed by atoms with E-state index >= 15 is 4.79 Å². The van der Waals surface area contributed by atoms with Gasteiger partial charge < -0.3 is 66.0 Å². The number of esters is 1. The summed E-state index contributed by atoms with van der Waals surface area (Å²) in [6.07, 6.45) is 16.0. The van der Waals surface area contributed by atoms with Crippen LogP contribution in [-0.2, 0) is 29.0 Å². The van der Waals surface area contributed by atoms with Crippen molar-refractivity contribution >= 4 is 22.5 Å². The van der Waals surface area contributed by atoms with E-state index in [0.29, 0.717) is 56.5 Å². The van der Waals surface area contributed by atoms with E-state index < -0.39 is 82.9 Å². The molecule has 4 aliphatic heterocycles. The van der Waals surface area contributed by atoms with Crippen LogP contribution in [0.1, 0.15) is 160 Å². The number of rotatable bonds is 9. The average Bonchev–Trinajstić information content (AvgIpc) is 1.99. The smallest absolute Gasteiger partial charge is 0.337 e. The molecule has 10 aliphatic rings. The Balaban J connectivity index is 1.01. The monoisotopic (exact) mass is 1160 g/mol. The van der Waals surface area contributed by atoms with Gasteiger partial charge in [-0.3, -0.25) is 10.1 Å². The van der Waals surface area contributed by atoms with Crippen molar-refractivity contribution in [2.75, 3.05) is 26.3 Å². The molecule has 3 fully saturated rings. The number of hydrogen-bond donors (Lipinski definition) is 11. The first-order valence-electron chi connectivity index (χ1n) is 31.2. The van der Waals surface area contributed by atoms with E-state index in [1.165, 1.54) is 11.6 Å². The third-order valence-corrected chi connectivity index (χ3v) is 22.4. The first kappa shape index (κ1) is 56.2. The summed E-state index contributed by atoms with van der Waals surface area (Å²) in [5, 5.41) is 93.3. The molecule has 0 saturated heterocycles. The largest absolute Gasteiger partial charge is 0.508 e. The van der Waals surface area contributed by atoms with Crippen LogP contribution in [-0.4, -0.2) is 91.5 Å². The molecule has 16 heteroatoms. The van der Waals surface area contributed by atoms with Gasteiger partial charge in [-0.2, -0.15) is 0 Å². The Morgan fingerprint density at radius 2 is 1.81 bits per heavy atom. The Morgan fingerprint density at radius 3 is 2.58 bits per heavy atom. The van der Waals surface area contributed by atoms with Crippen molar-refractivity contribution in [3.8, 4) is 17.2 Å². The predicted molar refractivity (Wildman–Crippen MR) is 320 cm³/mol. The maximum atomic E-state index is 16.0. The highest BCUT2D eigenvalue weighted by Gasteiger charge is 2.62. The molecule has 1 spiro atoms. The molecule has 6 bridgehead atoms. The molecule has 5 heterocycles. The van der Waals surface area contributed by atoms with Crippen LogP contribution in [0.2, 0.25) is 0 Å². The number of hydrogen-bond acceptors (Lipinski definition) is 16. The minimum absolute atomic E-state index is 0.0176. The first-order chi connectivity index (χ1) is 41.1. The van der Waals surface area contributed by atoms with Crippen LogP contribution in [0.25, 0.3) is 16.5 Å². The topological polar surface area (TPSA) is 269 Å². The lowest BCUT2D eigenvalue weighted by Gasteiger charge is -2.55. The number of dihydropyridines is 2. The summed E-state index contributed by atoms with van der Waals surface area (Å²) >= 11 is 0. The highest BCUT2D eigenvalue weighted by atomic mass is 16.6. The van der Waals surface area contributed by atoms with Crippen molar-refractivity contribution in [2.24, 2.45) is 40.7 Å². The van der Waals surface area contributed by atoms with E-state index in [2.05, 4.69) is 53.4 Å². The molecular formula is C69H80N4O12. The molecule has 3 aromatic carbocycles. The Hall–Kier alpha value is -6.66. The molecule has 12 N–H and O–H groups in total. The molecule has 1 aromatic heterocycles. The highest BCUT2D eigenvalue weighted by Crippen LogP contribution is 2.66. The average molecular weight is 1160 g/mol. The Labute approximate surface area is 494 Å². The second kappa shape index (κ2) is 21.0. The van der Waals surface area contributed by atoms with Gasteiger partial charge in [0.2, 0.25) is 0 Å². The van der Waals surface area contributed by atoms with Crippen molar-refractivity contribution in [3.63, 3.8) is 0 Å². The fraction of sp³-hybridized carbons (Fsp3) is 0.507. The third-order valence-electron chi connectivity index (χ3n) is 22.4. The van der Waals surface area contributed by atoms with Crippen molar-refractivity contribution in [1.82, 2.24) is 16.0 Å². The number of ether oxygens (including phenoxy) is 2. The number of aliphatic hydroxyl groups is 5. The fourth-order valence-corrected chi connectivity index (χ4v) is 18.7. The number of fused-ring (bicyclic) bond motifs is 13. The van der Waals surface area contributed by atoms with Gasteiger partial charge in [-0.1, -0.05) is 62.3 Å². The SMILES string of the molecule is CC=C(C(=O)OC1Cc2c3c(c4oc(CO)cc(=O)c4c2O)C2C4=CCNC(N)=C4C(C4CCC5=CC(NCC)NC=C5CC4C1(C)O3)C1(CCCC1)Cc1ccc(O)cc1C2CO)C1(O)CC2CC1C=C1CC(CCO)C(O)c3cccc2c31. The van der Waals surface area contributed by atoms with E-state index in [0.717, 1.165) is 88.8 Å². The fourth-order valence-electron chi connectivity index (χ4n) is 18.7. The zero-order valence-corrected chi connectivity index (χ0v) is 48.8. The molecule has 13 atom stereocenters. The first-order valence-corrected chi connectivity index (χ1v) is 31.2. The summed E-state index contributed by atoms with van der Waals surface area (Å²) < 4.78 is 21.9. The van der Waals surface area contributed by atoms with Crippen molar-refractivity contribution in [2.45, 2.75) is 158 Å². The Bertz CT molecular complexity index is 3700. The second-order valence-electron chi connectivity index (χ2n) is 26.5. The number of allylic oxidation sites excluding steroid dienone is 6. The van der Waals surface area contributed by atoms with E-state index in [-0.39, 0.29) is 88.7 Å². The molecule has 3 saturated carbocycles. The molecule has 448 valence electrons. The quantitative estimate of drug-likeness (QED) is 0.0559. The van der Waals surface area contributed by atoms with E-state index in [1.54, 1.807) is 25.1 Å². The van der Waals surface area contributed by atoms with Crippen molar-refractivity contribution < 1.29 is 54.4 Å². The van der Waals surface area contributed by atoms with Gasteiger partial charge in [0, 0.05) is 66.6 Å². The number of phenols is 2. The molecule has 6 aliphatic carbocycles. The minimum Gasteiger partial charge on any atom is -0.508 e. The standard InChI is InChI=1S/C69H80N4O12/c1-4-50(69(82)30-38-23-40(69)22-37-21-35(16-20-74)61(79)46-10-8-9-43(38)55(37)46)66(81)84-53-28-48-62(80)58-52(78)27-42(32-75)83-64(58)59-56-45-15-19-72-65(70)57(45)60(68(17-6-7-18-68)29-36-11-13-41(77)26-47(36)49(56)33-76)44-14-12-34-25-54(71-5-2)73-31-39(34)24-51(44)67(53,3)85-63(48)59/h4,8-11,13,15,22,25-27,31,35,38,40,44,49,51,53-54,56,60-61,71-77,79-80,82H,5-7,12,14,16-21,23-24,28-30,32-33,70H2,1-3H3. The predicted octanol–water partition coefficient (Wildman–Crippen LogP) is 8.08. The van der Waals surface area contributed by atoms with Gasteiger partial charge in [-0.05, 0) is 188 Å². The molecular weight excluding hydrogens is 1080 g/mol. The molecule has 13 unspecified atom stereocenters. The maximum Gasteiger partial charge on any atom is 0.337 e.